The highest BCUT2D eigenvalue weighted by Gasteiger charge is 2.36. The second-order valence-corrected chi connectivity index (χ2v) is 12.8. The predicted molar refractivity (Wildman–Crippen MR) is 194 cm³/mol. The Bertz CT molecular complexity index is 1490. The average Bonchev–Trinajstić information content (AvgIpc) is 3.62. The van der Waals surface area contributed by atoms with Gasteiger partial charge >= 0.3 is 6.09 Å². The number of nitrogens with zero attached hydrogens (tertiary/aromatic N) is 2. The number of nitrogens with one attached hydrogen (secondary N) is 3. The Balaban J connectivity index is 1.41. The number of hydrogen-bond donors (Lipinski definition) is 4. The van der Waals surface area contributed by atoms with E-state index in [1.165, 1.54) is 0 Å². The van der Waals surface area contributed by atoms with E-state index in [2.05, 4.69) is 16.0 Å². The molecule has 0 unspecified atom stereocenters. The zero-order valence-corrected chi connectivity index (χ0v) is 29.3. The molecule has 1 aliphatic rings. The first-order valence-electron chi connectivity index (χ1n) is 17.6. The van der Waals surface area contributed by atoms with E-state index in [4.69, 9.17) is 10.5 Å². The van der Waals surface area contributed by atoms with Crippen molar-refractivity contribution >= 4 is 23.8 Å². The van der Waals surface area contributed by atoms with Crippen LogP contribution < -0.4 is 21.7 Å². The topological polar surface area (TPSA) is 146 Å². The summed E-state index contributed by atoms with van der Waals surface area (Å²) in [6.07, 6.45) is 2.82. The van der Waals surface area contributed by atoms with Crippen LogP contribution in [0.4, 0.5) is 4.79 Å². The highest BCUT2D eigenvalue weighted by molar-refractivity contribution is 5.90. The number of nitrogens with two attached hydrogens (primary N) is 1. The molecule has 1 saturated heterocycles. The van der Waals surface area contributed by atoms with Gasteiger partial charge in [-0.2, -0.15) is 0 Å². The van der Waals surface area contributed by atoms with Gasteiger partial charge in [0, 0.05) is 32.2 Å². The maximum absolute atomic E-state index is 14.1. The molecular weight excluding hydrogens is 632 g/mol. The molecule has 4 atom stereocenters. The van der Waals surface area contributed by atoms with Crippen molar-refractivity contribution in [2.24, 2.45) is 5.73 Å². The van der Waals surface area contributed by atoms with Gasteiger partial charge in [0.05, 0.1) is 12.1 Å². The van der Waals surface area contributed by atoms with Gasteiger partial charge in [-0.3, -0.25) is 14.4 Å². The Morgan fingerprint density at radius 2 is 1.54 bits per heavy atom. The van der Waals surface area contributed by atoms with Gasteiger partial charge in [0.25, 0.3) is 0 Å². The highest BCUT2D eigenvalue weighted by Crippen LogP contribution is 2.22. The highest BCUT2D eigenvalue weighted by atomic mass is 16.5. The molecule has 0 radical (unpaired) electrons. The molecule has 0 aliphatic carbocycles. The third kappa shape index (κ3) is 12.0. The summed E-state index contributed by atoms with van der Waals surface area (Å²) in [5.41, 5.74) is 9.49. The number of likely N-dealkylation sites (N-methyl/N-ethyl adjacent to an activating group) is 1. The summed E-state index contributed by atoms with van der Waals surface area (Å²) >= 11 is 0. The number of benzene rings is 3. The molecule has 3 aromatic carbocycles. The maximum Gasteiger partial charge on any atom is 0.407 e. The molecule has 268 valence electrons. The molecule has 3 aromatic rings. The first-order valence-corrected chi connectivity index (χ1v) is 17.6. The van der Waals surface area contributed by atoms with Gasteiger partial charge in [-0.1, -0.05) is 91.0 Å². The molecule has 0 saturated carbocycles. The van der Waals surface area contributed by atoms with Gasteiger partial charge in [0.15, 0.2) is 0 Å². The molecule has 1 fully saturated rings. The van der Waals surface area contributed by atoms with E-state index in [1.807, 2.05) is 95.9 Å². The Kier molecular flexibility index (Phi) is 15.3. The van der Waals surface area contributed by atoms with Crippen LogP contribution in [0.2, 0.25) is 0 Å². The molecular formula is C39H52N6O5. The summed E-state index contributed by atoms with van der Waals surface area (Å²) in [6, 6.07) is 26.9. The van der Waals surface area contributed by atoms with Crippen molar-refractivity contribution in [2.75, 3.05) is 33.2 Å². The Morgan fingerprint density at radius 3 is 2.18 bits per heavy atom. The molecule has 4 amide bonds. The van der Waals surface area contributed by atoms with E-state index in [0.29, 0.717) is 45.3 Å². The molecule has 1 heterocycles. The van der Waals surface area contributed by atoms with E-state index >= 15 is 0 Å². The predicted octanol–water partition coefficient (Wildman–Crippen LogP) is 3.42. The first kappa shape index (κ1) is 38.1. The lowest BCUT2D eigenvalue weighted by atomic mass is 10.0. The van der Waals surface area contributed by atoms with Gasteiger partial charge in [-0.15, -0.1) is 0 Å². The fraction of sp³-hybridized carbons (Fsp3) is 0.436. The number of ether oxygens (including phenoxy) is 1. The number of rotatable bonds is 18. The molecule has 4 rings (SSSR count). The van der Waals surface area contributed by atoms with E-state index in [9.17, 15) is 19.2 Å². The molecule has 1 aliphatic heterocycles. The zero-order valence-electron chi connectivity index (χ0n) is 29.3. The average molecular weight is 685 g/mol. The van der Waals surface area contributed by atoms with Crippen LogP contribution in [-0.4, -0.2) is 91.0 Å². The molecule has 5 N–H and O–H groups in total. The summed E-state index contributed by atoms with van der Waals surface area (Å²) < 4.78 is 5.30. The van der Waals surface area contributed by atoms with E-state index in [1.54, 1.807) is 18.9 Å². The number of carbonyl (C=O) groups is 4. The van der Waals surface area contributed by atoms with Crippen molar-refractivity contribution in [1.82, 2.24) is 25.8 Å². The molecule has 0 bridgehead atoms. The molecule has 0 aromatic heterocycles. The van der Waals surface area contributed by atoms with Crippen LogP contribution in [0.5, 0.6) is 0 Å². The van der Waals surface area contributed by atoms with Gasteiger partial charge in [0.1, 0.15) is 12.6 Å². The van der Waals surface area contributed by atoms with Crippen LogP contribution in [0.15, 0.2) is 91.0 Å². The third-order valence-corrected chi connectivity index (χ3v) is 9.12. The molecule has 0 spiro atoms. The summed E-state index contributed by atoms with van der Waals surface area (Å²) in [4.78, 5) is 56.9. The zero-order chi connectivity index (χ0) is 35.7. The van der Waals surface area contributed by atoms with Crippen LogP contribution in [-0.2, 0) is 38.6 Å². The molecule has 11 heteroatoms. The van der Waals surface area contributed by atoms with Crippen molar-refractivity contribution in [3.63, 3.8) is 0 Å². The van der Waals surface area contributed by atoms with Crippen LogP contribution in [0.3, 0.4) is 0 Å². The van der Waals surface area contributed by atoms with Gasteiger partial charge < -0.3 is 36.2 Å². The van der Waals surface area contributed by atoms with Crippen molar-refractivity contribution < 1.29 is 23.9 Å². The number of carbonyl (C=O) groups excluding carboxylic acids is 4. The Hall–Kier alpha value is -4.74. The summed E-state index contributed by atoms with van der Waals surface area (Å²) in [5, 5.41) is 8.59. The smallest absolute Gasteiger partial charge is 0.407 e. The first-order chi connectivity index (χ1) is 24.2. The summed E-state index contributed by atoms with van der Waals surface area (Å²) in [6.45, 7) is 3.51. The minimum atomic E-state index is -0.796. The van der Waals surface area contributed by atoms with Crippen molar-refractivity contribution in [2.45, 2.75) is 76.2 Å². The quantitative estimate of drug-likeness (QED) is 0.150. The lowest BCUT2D eigenvalue weighted by Gasteiger charge is -2.34. The minimum absolute atomic E-state index is 0.151. The van der Waals surface area contributed by atoms with E-state index in [-0.39, 0.29) is 36.9 Å². The lowest BCUT2D eigenvalue weighted by Crippen LogP contribution is -2.56. The third-order valence-electron chi connectivity index (χ3n) is 9.12. The van der Waals surface area contributed by atoms with Gasteiger partial charge in [-0.25, -0.2) is 4.79 Å². The fourth-order valence-electron chi connectivity index (χ4n) is 6.12. The number of alkyl carbamates (subject to hydrolysis) is 1. The number of amides is 4. The fourth-order valence-corrected chi connectivity index (χ4v) is 6.12. The molecule has 50 heavy (non-hydrogen) atoms. The summed E-state index contributed by atoms with van der Waals surface area (Å²) in [7, 11) is 1.69. The van der Waals surface area contributed by atoms with Crippen LogP contribution in [0.25, 0.3) is 0 Å². The summed E-state index contributed by atoms with van der Waals surface area (Å²) in [5.74, 6) is -0.634. The minimum Gasteiger partial charge on any atom is -0.445 e. The van der Waals surface area contributed by atoms with Gasteiger partial charge in [0.2, 0.25) is 17.7 Å². The standard InChI is InChI=1S/C39H52N6O5/c1-29(41-2)36(46)43-35(21-12-23-42-39(49)50-28-32-18-10-5-11-19-32)38(48)45-24-13-20-33(45)27-44(25-22-30-14-6-3-7-15-30)37(47)34(40)26-31-16-8-4-9-17-31/h3-11,14-19,29,33-35,41H,12-13,20-28,40H2,1-2H3,(H,42,49)(H,43,46)/t29-,33-,34+,35-/m0/s1. The lowest BCUT2D eigenvalue weighted by molar-refractivity contribution is -0.140. The second kappa shape index (κ2) is 20.1. The number of likely N-dealkylation sites (tertiary alicyclic amines) is 1. The monoisotopic (exact) mass is 684 g/mol. The van der Waals surface area contributed by atoms with Crippen molar-refractivity contribution in [3.8, 4) is 0 Å². The van der Waals surface area contributed by atoms with E-state index < -0.39 is 24.2 Å². The second-order valence-electron chi connectivity index (χ2n) is 12.8. The maximum atomic E-state index is 14.1. The van der Waals surface area contributed by atoms with Crippen LogP contribution in [0.1, 0.15) is 49.3 Å². The SMILES string of the molecule is CN[C@@H](C)C(=O)N[C@@H](CCCNC(=O)OCc1ccccc1)C(=O)N1CCC[C@H]1CN(CCc1ccccc1)C(=O)[C@H](N)Cc1ccccc1. The van der Waals surface area contributed by atoms with Crippen molar-refractivity contribution in [1.29, 1.82) is 0 Å². The largest absolute Gasteiger partial charge is 0.445 e. The number of hydrogen-bond acceptors (Lipinski definition) is 7. The Labute approximate surface area is 295 Å². The molecule has 11 nitrogen and oxygen atoms in total. The van der Waals surface area contributed by atoms with Crippen LogP contribution in [0, 0.1) is 0 Å². The van der Waals surface area contributed by atoms with E-state index in [0.717, 1.165) is 29.5 Å². The van der Waals surface area contributed by atoms with Crippen LogP contribution >= 0.6 is 0 Å². The Morgan fingerprint density at radius 1 is 0.920 bits per heavy atom. The van der Waals surface area contributed by atoms with Crippen molar-refractivity contribution in [3.05, 3.63) is 108 Å². The normalized spacial score (nSPS) is 15.8. The van der Waals surface area contributed by atoms with Gasteiger partial charge in [-0.05, 0) is 69.2 Å².